The first-order valence-electron chi connectivity index (χ1n) is 3.16. The van der Waals surface area contributed by atoms with E-state index in [4.69, 9.17) is 0 Å². The second-order valence-electron chi connectivity index (χ2n) is 2.46. The van der Waals surface area contributed by atoms with Crippen molar-refractivity contribution in [2.75, 3.05) is 0 Å². The number of rotatable bonds is 0. The monoisotopic (exact) mass is 108 g/mol. The maximum absolute atomic E-state index is 3.91. The van der Waals surface area contributed by atoms with Gasteiger partial charge in [-0.05, 0) is 18.8 Å². The fourth-order valence-corrected chi connectivity index (χ4v) is 0.931. The van der Waals surface area contributed by atoms with E-state index in [1.165, 1.54) is 18.4 Å². The van der Waals surface area contributed by atoms with E-state index in [1.807, 2.05) is 0 Å². The average Bonchev–Trinajstić information content (AvgIpc) is 1.77. The molecule has 8 heavy (non-hydrogen) atoms. The highest BCUT2D eigenvalue weighted by Crippen LogP contribution is 2.20. The molecule has 0 aliphatic heterocycles. The van der Waals surface area contributed by atoms with Crippen molar-refractivity contribution in [1.82, 2.24) is 0 Å². The number of hydrogen-bond donors (Lipinski definition) is 0. The molecule has 1 aliphatic rings. The highest BCUT2D eigenvalue weighted by molar-refractivity contribution is 5.19. The highest BCUT2D eigenvalue weighted by Gasteiger charge is 2.05. The Balaban J connectivity index is 2.60. The Morgan fingerprint density at radius 1 is 1.75 bits per heavy atom. The van der Waals surface area contributed by atoms with Gasteiger partial charge in [-0.15, -0.1) is 0 Å². The van der Waals surface area contributed by atoms with Gasteiger partial charge in [0.15, 0.2) is 0 Å². The van der Waals surface area contributed by atoms with E-state index in [2.05, 4.69) is 25.7 Å². The second-order valence-corrected chi connectivity index (χ2v) is 2.46. The summed E-state index contributed by atoms with van der Waals surface area (Å²) in [4.78, 5) is 0. The normalized spacial score (nSPS) is 28.6. The molecule has 0 heterocycles. The van der Waals surface area contributed by atoms with Crippen LogP contribution in [0.3, 0.4) is 0 Å². The van der Waals surface area contributed by atoms with Gasteiger partial charge in [-0.25, -0.2) is 0 Å². The third kappa shape index (κ3) is 1.00. The molecule has 0 heteroatoms. The van der Waals surface area contributed by atoms with Gasteiger partial charge in [0.25, 0.3) is 0 Å². The quantitative estimate of drug-likeness (QED) is 0.447. The lowest BCUT2D eigenvalue weighted by Crippen LogP contribution is -1.98. The van der Waals surface area contributed by atoms with Gasteiger partial charge in [0, 0.05) is 0 Å². The minimum absolute atomic E-state index is 0.722. The van der Waals surface area contributed by atoms with Crippen molar-refractivity contribution >= 4 is 0 Å². The first-order chi connectivity index (χ1) is 3.80. The maximum atomic E-state index is 3.91. The lowest BCUT2D eigenvalue weighted by Gasteiger charge is -2.13. The summed E-state index contributed by atoms with van der Waals surface area (Å²) < 4.78 is 0. The molecule has 0 aromatic heterocycles. The Labute approximate surface area is 50.9 Å². The van der Waals surface area contributed by atoms with E-state index >= 15 is 0 Å². The topological polar surface area (TPSA) is 0 Å². The molecule has 0 N–H and O–H groups in total. The lowest BCUT2D eigenvalue weighted by molar-refractivity contribution is 0.619. The predicted molar refractivity (Wildman–Crippen MR) is 36.7 cm³/mol. The summed E-state index contributed by atoms with van der Waals surface area (Å²) in [6, 6.07) is 0. The molecular weight excluding hydrogens is 96.1 g/mol. The van der Waals surface area contributed by atoms with E-state index in [-0.39, 0.29) is 0 Å². The molecule has 0 saturated heterocycles. The molecular formula is C8H12. The molecule has 0 bridgehead atoms. The summed E-state index contributed by atoms with van der Waals surface area (Å²) >= 11 is 0. The van der Waals surface area contributed by atoms with Gasteiger partial charge in [-0.3, -0.25) is 0 Å². The zero-order chi connectivity index (χ0) is 5.98. The van der Waals surface area contributed by atoms with Crippen LogP contribution in [-0.2, 0) is 0 Å². The number of allylic oxidation sites excluding steroid dienone is 3. The van der Waals surface area contributed by atoms with E-state index in [0.29, 0.717) is 0 Å². The average molecular weight is 108 g/mol. The van der Waals surface area contributed by atoms with E-state index in [0.717, 1.165) is 5.92 Å². The van der Waals surface area contributed by atoms with Crippen LogP contribution in [0, 0.1) is 5.92 Å². The van der Waals surface area contributed by atoms with Crippen LogP contribution in [0.5, 0.6) is 0 Å². The molecule has 1 aliphatic carbocycles. The first-order valence-corrected chi connectivity index (χ1v) is 3.16. The fraction of sp³-hybridized carbons (Fsp3) is 0.500. The summed E-state index contributed by atoms with van der Waals surface area (Å²) in [5, 5.41) is 0. The van der Waals surface area contributed by atoms with E-state index in [1.54, 1.807) is 0 Å². The minimum atomic E-state index is 0.722. The fourth-order valence-electron chi connectivity index (χ4n) is 0.931. The van der Waals surface area contributed by atoms with Crippen LogP contribution in [0.4, 0.5) is 0 Å². The second kappa shape index (κ2) is 2.17. The van der Waals surface area contributed by atoms with Crippen molar-refractivity contribution in [2.24, 2.45) is 5.92 Å². The van der Waals surface area contributed by atoms with Crippen LogP contribution in [0.25, 0.3) is 0 Å². The Morgan fingerprint density at radius 2 is 2.50 bits per heavy atom. The Kier molecular flexibility index (Phi) is 1.52. The van der Waals surface area contributed by atoms with Crippen LogP contribution >= 0.6 is 0 Å². The minimum Gasteiger partial charge on any atom is -0.0956 e. The smallest absolute Gasteiger partial charge is 0.0193 e. The number of hydrogen-bond acceptors (Lipinski definition) is 0. The third-order valence-corrected chi connectivity index (χ3v) is 1.73. The highest BCUT2D eigenvalue weighted by atomic mass is 14.1. The van der Waals surface area contributed by atoms with Crippen molar-refractivity contribution in [3.63, 3.8) is 0 Å². The van der Waals surface area contributed by atoms with Crippen molar-refractivity contribution in [1.29, 1.82) is 0 Å². The largest absolute Gasteiger partial charge is 0.0956 e. The Hall–Kier alpha value is -0.520. The van der Waals surface area contributed by atoms with Crippen molar-refractivity contribution in [3.05, 3.63) is 24.3 Å². The van der Waals surface area contributed by atoms with Crippen molar-refractivity contribution in [2.45, 2.75) is 19.8 Å². The molecule has 0 fully saturated rings. The molecule has 0 aromatic carbocycles. The van der Waals surface area contributed by atoms with Crippen LogP contribution in [0.2, 0.25) is 0 Å². The summed E-state index contributed by atoms with van der Waals surface area (Å²) in [7, 11) is 0. The molecule has 1 rings (SSSR count). The molecule has 0 radical (unpaired) electrons. The van der Waals surface area contributed by atoms with E-state index in [9.17, 15) is 0 Å². The van der Waals surface area contributed by atoms with E-state index < -0.39 is 0 Å². The zero-order valence-corrected chi connectivity index (χ0v) is 5.35. The molecule has 1 unspecified atom stereocenters. The van der Waals surface area contributed by atoms with Crippen molar-refractivity contribution in [3.8, 4) is 0 Å². The molecule has 44 valence electrons. The third-order valence-electron chi connectivity index (χ3n) is 1.73. The van der Waals surface area contributed by atoms with Gasteiger partial charge in [0.05, 0.1) is 0 Å². The zero-order valence-electron chi connectivity index (χ0n) is 5.35. The standard InChI is InChI=1S/C8H12/c1-7-5-3-4-6-8(7)2/h3,5,8H,1,4,6H2,2H3. The Bertz CT molecular complexity index is 120. The molecule has 0 saturated carbocycles. The molecule has 0 aromatic rings. The van der Waals surface area contributed by atoms with Crippen LogP contribution in [0.1, 0.15) is 19.8 Å². The Morgan fingerprint density at radius 3 is 2.88 bits per heavy atom. The molecule has 0 spiro atoms. The van der Waals surface area contributed by atoms with Gasteiger partial charge in [-0.1, -0.05) is 31.2 Å². The maximum Gasteiger partial charge on any atom is -0.0193 e. The lowest BCUT2D eigenvalue weighted by atomic mass is 9.92. The van der Waals surface area contributed by atoms with Gasteiger partial charge < -0.3 is 0 Å². The first kappa shape index (κ1) is 5.61. The van der Waals surface area contributed by atoms with Gasteiger partial charge in [-0.2, -0.15) is 0 Å². The summed E-state index contributed by atoms with van der Waals surface area (Å²) in [6.45, 7) is 6.14. The molecule has 0 amide bonds. The summed E-state index contributed by atoms with van der Waals surface area (Å²) in [6.07, 6.45) is 6.85. The van der Waals surface area contributed by atoms with Crippen LogP contribution in [-0.4, -0.2) is 0 Å². The van der Waals surface area contributed by atoms with Gasteiger partial charge in [0.2, 0.25) is 0 Å². The predicted octanol–water partition coefficient (Wildman–Crippen LogP) is 2.53. The van der Waals surface area contributed by atoms with Crippen LogP contribution in [0.15, 0.2) is 24.3 Å². The van der Waals surface area contributed by atoms with Crippen LogP contribution < -0.4 is 0 Å². The summed E-state index contributed by atoms with van der Waals surface area (Å²) in [5.74, 6) is 0.722. The summed E-state index contributed by atoms with van der Waals surface area (Å²) in [5.41, 5.74) is 1.29. The molecule has 1 atom stereocenters. The van der Waals surface area contributed by atoms with Crippen molar-refractivity contribution < 1.29 is 0 Å². The van der Waals surface area contributed by atoms with Gasteiger partial charge in [0.1, 0.15) is 0 Å². The van der Waals surface area contributed by atoms with Gasteiger partial charge >= 0.3 is 0 Å². The molecule has 0 nitrogen and oxygen atoms in total. The SMILES string of the molecule is C=C1C=CCCC1C.